The molecule has 7 saturated heterocycles. The van der Waals surface area contributed by atoms with Gasteiger partial charge in [-0.1, -0.05) is 53.2 Å². The van der Waals surface area contributed by atoms with Gasteiger partial charge in [0.05, 0.1) is 55.6 Å². The Hall–Kier alpha value is -2.89. The van der Waals surface area contributed by atoms with Gasteiger partial charge in [0.25, 0.3) is 0 Å². The minimum absolute atomic E-state index is 0.127. The summed E-state index contributed by atoms with van der Waals surface area (Å²) in [7, 11) is 0. The highest BCUT2D eigenvalue weighted by molar-refractivity contribution is 5.79. The monoisotopic (exact) mass is 1530 g/mol. The van der Waals surface area contributed by atoms with Gasteiger partial charge < -0.3 is 168 Å². The predicted molar refractivity (Wildman–Crippen MR) is 347 cm³/mol. The van der Waals surface area contributed by atoms with Crippen LogP contribution < -0.4 is 0 Å². The van der Waals surface area contributed by atoms with Crippen LogP contribution in [-0.2, 0) is 80.7 Å². The fraction of sp³-hybridized carbons (Fsp3) is 0.929. The van der Waals surface area contributed by atoms with E-state index in [0.29, 0.717) is 57.8 Å². The molecule has 0 amide bonds. The number of fused-ring (bicyclic) bond motifs is 7. The number of rotatable bonds is 18. The van der Waals surface area contributed by atoms with E-state index in [4.69, 9.17) is 66.3 Å². The number of hydrogen-bond acceptors (Lipinski definition) is 35. The Morgan fingerprint density at radius 3 is 1.56 bits per heavy atom. The van der Waals surface area contributed by atoms with Crippen LogP contribution in [0.1, 0.15) is 120 Å². The van der Waals surface area contributed by atoms with Crippen molar-refractivity contribution in [2.45, 2.75) is 328 Å². The van der Waals surface area contributed by atoms with E-state index in [1.54, 1.807) is 6.92 Å². The molecule has 42 atom stereocenters. The van der Waals surface area contributed by atoms with Crippen LogP contribution in [0.25, 0.3) is 0 Å². The normalized spacial score (nSPS) is 54.7. The first-order chi connectivity index (χ1) is 49.8. The maximum absolute atomic E-state index is 15.8. The lowest BCUT2D eigenvalue weighted by Crippen LogP contribution is -2.69. The van der Waals surface area contributed by atoms with E-state index in [1.165, 1.54) is 13.8 Å². The van der Waals surface area contributed by atoms with Crippen LogP contribution in [0, 0.1) is 50.2 Å². The Labute approximate surface area is 610 Å². The summed E-state index contributed by atoms with van der Waals surface area (Å²) in [4.78, 5) is 43.1. The summed E-state index contributed by atoms with van der Waals surface area (Å²) in [6.45, 7) is 12.6. The summed E-state index contributed by atoms with van der Waals surface area (Å²) >= 11 is 0. The fourth-order valence-electron chi connectivity index (χ4n) is 20.1. The maximum Gasteiger partial charge on any atom is 0.335 e. The highest BCUT2D eigenvalue weighted by Gasteiger charge is 2.72. The zero-order valence-corrected chi connectivity index (χ0v) is 60.4. The number of aldehydes is 1. The molecule has 5 aliphatic carbocycles. The number of ether oxygens (including phenoxy) is 14. The highest BCUT2D eigenvalue weighted by Crippen LogP contribution is 2.76. The van der Waals surface area contributed by atoms with Gasteiger partial charge in [-0.2, -0.15) is 0 Å². The minimum atomic E-state index is -2.21. The van der Waals surface area contributed by atoms with Gasteiger partial charge in [-0.05, 0) is 117 Å². The van der Waals surface area contributed by atoms with Crippen molar-refractivity contribution in [3.63, 3.8) is 0 Å². The summed E-state index contributed by atoms with van der Waals surface area (Å²) in [6, 6.07) is 0. The summed E-state index contributed by atoms with van der Waals surface area (Å²) in [6.07, 6.45) is -53.9. The number of carboxylic acid groups (broad SMARTS) is 1. The molecule has 106 heavy (non-hydrogen) atoms. The summed E-state index contributed by atoms with van der Waals surface area (Å²) < 4.78 is 85.0. The molecular formula is C70H110O36. The number of hydrogen-bond donors (Lipinski definition) is 19. The van der Waals surface area contributed by atoms with Gasteiger partial charge >= 0.3 is 11.9 Å². The average Bonchev–Trinajstić information content (AvgIpc) is 0.672. The quantitative estimate of drug-likeness (QED) is 0.0263. The molecule has 7 aliphatic heterocycles. The van der Waals surface area contributed by atoms with Gasteiger partial charge in [-0.25, -0.2) is 4.79 Å². The summed E-state index contributed by atoms with van der Waals surface area (Å²) in [5.74, 6) is -3.43. The van der Waals surface area contributed by atoms with Crippen molar-refractivity contribution in [1.82, 2.24) is 0 Å². The van der Waals surface area contributed by atoms with E-state index in [9.17, 15) is 107 Å². The first-order valence-corrected chi connectivity index (χ1v) is 36.9. The molecule has 0 aromatic carbocycles. The van der Waals surface area contributed by atoms with Gasteiger partial charge in [0, 0.05) is 0 Å². The molecule has 4 saturated carbocycles. The molecule has 19 N–H and O–H groups in total. The van der Waals surface area contributed by atoms with Crippen molar-refractivity contribution >= 4 is 18.2 Å². The molecule has 0 unspecified atom stereocenters. The Kier molecular flexibility index (Phi) is 24.3. The Balaban J connectivity index is 0.805. The smallest absolute Gasteiger partial charge is 0.335 e. The van der Waals surface area contributed by atoms with E-state index >= 15 is 4.79 Å². The van der Waals surface area contributed by atoms with Crippen LogP contribution in [0.4, 0.5) is 0 Å². The molecule has 0 spiro atoms. The van der Waals surface area contributed by atoms with E-state index in [-0.39, 0.29) is 17.8 Å². The SMILES string of the molecule is C[C@@H]1O[C@H](OC(=O)[C@]23CCC(C)(C)C[C@H]2C2=CC[C@H]4[C@@]5(C)CC[C@H](O[C@@H]6O[C@H](C(=O)O)[C@@H](O)[C@H](O[C@@H]7OC[C@@H](O)[C@H](O)[C@H]7O)[C@H]6O[C@H]6O[C@@H](CO)[C@@H](O)[C@@H](O)[C@@H]6O)[C@@](C)(C=O)[C@@H]5CC[C@@]4(C)[C@]2(C)CC3)[C@@H](O[C@H]2O[C@H](C)[C@@H](O[C@H]3OC[C@H](O)[C@@H](O)[C@@H]3O)[C@H](O[C@@H]3O[C@H](CO)[C@@H](O)[C@H](O)[C@H]3O)[C@@H]2O)[C@H](O)[C@@H]1O. The first kappa shape index (κ1) is 82.6. The largest absolute Gasteiger partial charge is 0.479 e. The minimum Gasteiger partial charge on any atom is -0.479 e. The Bertz CT molecular complexity index is 3100. The van der Waals surface area contributed by atoms with Crippen molar-refractivity contribution < 1.29 is 178 Å². The zero-order valence-electron chi connectivity index (χ0n) is 60.4. The lowest BCUT2D eigenvalue weighted by Gasteiger charge is -2.71. The summed E-state index contributed by atoms with van der Waals surface area (Å²) in [5.41, 5.74) is -3.63. The number of carboxylic acids is 1. The molecule has 11 fully saturated rings. The molecule has 7 heterocycles. The van der Waals surface area contributed by atoms with Crippen molar-refractivity contribution in [2.75, 3.05) is 26.4 Å². The van der Waals surface area contributed by atoms with Gasteiger partial charge in [-0.3, -0.25) is 4.79 Å². The van der Waals surface area contributed by atoms with Crippen molar-refractivity contribution in [1.29, 1.82) is 0 Å². The molecular weight excluding hydrogens is 1420 g/mol. The second-order valence-electron chi connectivity index (χ2n) is 33.5. The number of carbonyl (C=O) groups is 3. The van der Waals surface area contributed by atoms with Crippen LogP contribution in [0.3, 0.4) is 0 Å². The molecule has 36 nitrogen and oxygen atoms in total. The van der Waals surface area contributed by atoms with Crippen molar-refractivity contribution in [3.05, 3.63) is 11.6 Å². The van der Waals surface area contributed by atoms with Gasteiger partial charge in [0.2, 0.25) is 6.29 Å². The molecule has 0 bridgehead atoms. The van der Waals surface area contributed by atoms with E-state index in [0.717, 1.165) is 11.9 Å². The Morgan fingerprint density at radius 2 is 0.991 bits per heavy atom. The van der Waals surface area contributed by atoms with E-state index in [2.05, 4.69) is 40.7 Å². The molecule has 12 rings (SSSR count). The molecule has 606 valence electrons. The summed E-state index contributed by atoms with van der Waals surface area (Å²) in [5, 5.41) is 207. The fourth-order valence-corrected chi connectivity index (χ4v) is 20.1. The Morgan fingerprint density at radius 1 is 0.481 bits per heavy atom. The number of aliphatic carboxylic acids is 1. The van der Waals surface area contributed by atoms with E-state index < -0.39 is 286 Å². The van der Waals surface area contributed by atoms with Gasteiger partial charge in [0.15, 0.2) is 49.9 Å². The van der Waals surface area contributed by atoms with Crippen LogP contribution in [0.2, 0.25) is 0 Å². The first-order valence-electron chi connectivity index (χ1n) is 36.9. The van der Waals surface area contributed by atoms with Gasteiger partial charge in [-0.15, -0.1) is 0 Å². The number of allylic oxidation sites excluding steroid dienone is 2. The second-order valence-corrected chi connectivity index (χ2v) is 33.5. The highest BCUT2D eigenvalue weighted by atomic mass is 16.8. The van der Waals surface area contributed by atoms with Crippen LogP contribution in [-0.4, -0.2) is 351 Å². The third kappa shape index (κ3) is 14.2. The standard InChI is InChI=1S/C70H110O36/c1-25-36(76)43(83)54(104-61-49(89)52(102-59-46(86)41(81)39(79)31(20-71)97-59)50(26(2)96-61)100-57-44(84)37(77)29(74)22-93-57)62(95-25)106-64(92)70-17-15-65(3,4)19-28(70)27-9-10-34-66(5)13-12-35(67(6,24-73)33(66)11-14-69(34,8)68(27,7)16-18-70)99-63-55(105-60-47(87)42(82)40(80)32(21-72)98-60)51(48(88)53(103-63)56(90)91)101-58-45(85)38(78)30(75)23-94-58/h9,24-26,28-55,57-63,71-72,74-89H,10-23H2,1-8H3,(H,90,91)/t25-,26+,28-,29-,30+,31+,32-,33+,34-,35-,36+,37+,38-,39+,40+,41-,42+,43+,44-,45+,46+,47-,48-,49-,50+,51-,52+,53-,54-,55+,57+,58-,59-,60+,61+,62+,63+,66-,67-,68+,69+,70-/m0/s1. The van der Waals surface area contributed by atoms with E-state index in [1.807, 2.05) is 0 Å². The number of esters is 1. The van der Waals surface area contributed by atoms with Crippen LogP contribution in [0.5, 0.6) is 0 Å². The topological polar surface area (TPSA) is 565 Å². The predicted octanol–water partition coefficient (Wildman–Crippen LogP) is -5.96. The third-order valence-corrected chi connectivity index (χ3v) is 26.8. The number of carbonyl (C=O) groups excluding carboxylic acids is 2. The lowest BCUT2D eigenvalue weighted by atomic mass is 9.33. The van der Waals surface area contributed by atoms with Crippen molar-refractivity contribution in [3.8, 4) is 0 Å². The molecule has 36 heteroatoms. The van der Waals surface area contributed by atoms with Crippen LogP contribution >= 0.6 is 0 Å². The molecule has 0 aromatic rings. The van der Waals surface area contributed by atoms with Crippen molar-refractivity contribution in [2.24, 2.45) is 50.2 Å². The molecule has 0 radical (unpaired) electrons. The maximum atomic E-state index is 15.8. The molecule has 12 aliphatic rings. The second kappa shape index (κ2) is 31.1. The van der Waals surface area contributed by atoms with Gasteiger partial charge in [0.1, 0.15) is 141 Å². The average molecular weight is 1530 g/mol. The molecule has 0 aromatic heterocycles. The van der Waals surface area contributed by atoms with Crippen LogP contribution in [0.15, 0.2) is 11.6 Å². The zero-order chi connectivity index (χ0) is 77.3. The number of aliphatic hydroxyl groups is 18. The lowest BCUT2D eigenvalue weighted by molar-refractivity contribution is -0.394. The third-order valence-electron chi connectivity index (χ3n) is 26.8. The number of aliphatic hydroxyl groups excluding tert-OH is 18.